The Balaban J connectivity index is 3.78. The average molecular weight is 115 g/mol. The van der Waals surface area contributed by atoms with Crippen molar-refractivity contribution in [3.05, 3.63) is 5.21 Å². The second-order valence-corrected chi connectivity index (χ2v) is 1.74. The van der Waals surface area contributed by atoms with E-state index in [9.17, 15) is 10.0 Å². The molecule has 0 amide bonds. The Kier molecular flexibility index (Phi) is 2.84. The zero-order valence-corrected chi connectivity index (χ0v) is 5.00. The lowest BCUT2D eigenvalue weighted by molar-refractivity contribution is -0.486. The monoisotopic (exact) mass is 115 g/mol. The summed E-state index contributed by atoms with van der Waals surface area (Å²) in [6, 6.07) is -0.139. The summed E-state index contributed by atoms with van der Waals surface area (Å²) in [5.74, 6) is 0. The van der Waals surface area contributed by atoms with Gasteiger partial charge in [0.2, 0.25) is 12.5 Å². The van der Waals surface area contributed by atoms with E-state index in [4.69, 9.17) is 0 Å². The standard InChI is InChI=1S/C5H9NO2/c1-5(2)6(8)3-4-7/h3-5H,1-2H3. The molecule has 0 aromatic carbocycles. The first-order valence-corrected chi connectivity index (χ1v) is 2.42. The quantitative estimate of drug-likeness (QED) is 0.169. The summed E-state index contributed by atoms with van der Waals surface area (Å²) < 4.78 is 0.604. The number of nitrogens with zero attached hydrogens (tertiary/aromatic N) is 1. The van der Waals surface area contributed by atoms with Crippen molar-refractivity contribution in [1.82, 2.24) is 0 Å². The van der Waals surface area contributed by atoms with Gasteiger partial charge in [-0.1, -0.05) is 0 Å². The third kappa shape index (κ3) is 2.34. The van der Waals surface area contributed by atoms with E-state index < -0.39 is 0 Å². The van der Waals surface area contributed by atoms with Crippen LogP contribution in [0, 0.1) is 5.21 Å². The van der Waals surface area contributed by atoms with Crippen LogP contribution >= 0.6 is 0 Å². The van der Waals surface area contributed by atoms with E-state index in [0.29, 0.717) is 11.0 Å². The molecule has 0 heterocycles. The molecule has 0 rings (SSSR count). The fourth-order valence-electron chi connectivity index (χ4n) is 0.232. The molecule has 0 bridgehead atoms. The van der Waals surface area contributed by atoms with Gasteiger partial charge in [0.05, 0.1) is 0 Å². The van der Waals surface area contributed by atoms with E-state index in [-0.39, 0.29) is 6.04 Å². The Hall–Kier alpha value is -0.860. The topological polar surface area (TPSA) is 43.1 Å². The van der Waals surface area contributed by atoms with Gasteiger partial charge in [-0.25, -0.2) is 4.74 Å². The molecule has 3 nitrogen and oxygen atoms in total. The molecule has 0 aromatic heterocycles. The van der Waals surface area contributed by atoms with Gasteiger partial charge in [-0.2, -0.15) is 0 Å². The zero-order valence-electron chi connectivity index (χ0n) is 5.00. The van der Waals surface area contributed by atoms with E-state index in [2.05, 4.69) is 0 Å². The number of carbonyl (C=O) groups excluding carboxylic acids is 1. The van der Waals surface area contributed by atoms with Crippen LogP contribution in [0.15, 0.2) is 0 Å². The maximum atomic E-state index is 10.4. The van der Waals surface area contributed by atoms with Crippen LogP contribution in [-0.2, 0) is 4.79 Å². The number of rotatable bonds is 2. The minimum Gasteiger partial charge on any atom is -0.624 e. The minimum absolute atomic E-state index is 0.139. The predicted octanol–water partition coefficient (Wildman–Crippen LogP) is 0.175. The van der Waals surface area contributed by atoms with Gasteiger partial charge in [-0.3, -0.25) is 4.79 Å². The summed E-state index contributed by atoms with van der Waals surface area (Å²) >= 11 is 0. The predicted molar refractivity (Wildman–Crippen MR) is 30.9 cm³/mol. The summed E-state index contributed by atoms with van der Waals surface area (Å²) in [4.78, 5) is 9.62. The first-order chi connectivity index (χ1) is 3.68. The molecule has 0 N–H and O–H groups in total. The van der Waals surface area contributed by atoms with Crippen LogP contribution in [0.5, 0.6) is 0 Å². The first kappa shape index (κ1) is 7.14. The minimum atomic E-state index is -0.139. The fourth-order valence-corrected chi connectivity index (χ4v) is 0.232. The van der Waals surface area contributed by atoms with E-state index in [0.717, 1.165) is 6.21 Å². The van der Waals surface area contributed by atoms with Gasteiger partial charge in [0.15, 0.2) is 6.04 Å². The molecule has 0 radical (unpaired) electrons. The highest BCUT2D eigenvalue weighted by molar-refractivity contribution is 6.10. The van der Waals surface area contributed by atoms with Gasteiger partial charge in [0.1, 0.15) is 0 Å². The Morgan fingerprint density at radius 1 is 1.62 bits per heavy atom. The van der Waals surface area contributed by atoms with E-state index in [1.54, 1.807) is 13.8 Å². The van der Waals surface area contributed by atoms with Gasteiger partial charge in [-0.15, -0.1) is 0 Å². The van der Waals surface area contributed by atoms with Crippen molar-refractivity contribution < 1.29 is 9.53 Å². The Morgan fingerprint density at radius 2 is 2.12 bits per heavy atom. The maximum absolute atomic E-state index is 10.4. The Labute approximate surface area is 48.2 Å². The van der Waals surface area contributed by atoms with Crippen molar-refractivity contribution >= 4 is 12.5 Å². The second kappa shape index (κ2) is 3.18. The second-order valence-electron chi connectivity index (χ2n) is 1.74. The van der Waals surface area contributed by atoms with Gasteiger partial charge in [0, 0.05) is 0 Å². The SMILES string of the molecule is CC(C)[N+]([O-])=CC=O. The molecule has 0 aliphatic rings. The molecule has 0 unspecified atom stereocenters. The van der Waals surface area contributed by atoms with Gasteiger partial charge < -0.3 is 5.21 Å². The summed E-state index contributed by atoms with van der Waals surface area (Å²) in [5, 5.41) is 10.4. The normalized spacial score (nSPS) is 12.1. The maximum Gasteiger partial charge on any atom is 0.214 e. The van der Waals surface area contributed by atoms with Crippen LogP contribution in [-0.4, -0.2) is 23.3 Å². The smallest absolute Gasteiger partial charge is 0.214 e. The molecule has 8 heavy (non-hydrogen) atoms. The molecule has 0 aliphatic heterocycles. The molecule has 0 fully saturated rings. The first-order valence-electron chi connectivity index (χ1n) is 2.42. The summed E-state index contributed by atoms with van der Waals surface area (Å²) in [6.07, 6.45) is 1.44. The third-order valence-corrected chi connectivity index (χ3v) is 0.717. The Morgan fingerprint density at radius 3 is 2.25 bits per heavy atom. The van der Waals surface area contributed by atoms with Crippen molar-refractivity contribution in [3.63, 3.8) is 0 Å². The molecule has 0 aliphatic carbocycles. The molecule has 46 valence electrons. The summed E-state index contributed by atoms with van der Waals surface area (Å²) in [7, 11) is 0. The van der Waals surface area contributed by atoms with Gasteiger partial charge in [0.25, 0.3) is 0 Å². The number of hydrogen-bond donors (Lipinski definition) is 0. The Bertz CT molecular complexity index is 107. The number of aldehydes is 1. The average Bonchev–Trinajstić information content (AvgIpc) is 1.67. The largest absolute Gasteiger partial charge is 0.624 e. The molecular formula is C5H9NO2. The lowest BCUT2D eigenvalue weighted by Gasteiger charge is -2.03. The van der Waals surface area contributed by atoms with Crippen LogP contribution in [0.25, 0.3) is 0 Å². The molecule has 0 spiro atoms. The zero-order chi connectivity index (χ0) is 6.57. The number of carbonyl (C=O) groups is 1. The van der Waals surface area contributed by atoms with Crippen LogP contribution in [0.3, 0.4) is 0 Å². The van der Waals surface area contributed by atoms with Crippen molar-refractivity contribution in [2.75, 3.05) is 0 Å². The molecule has 0 atom stereocenters. The van der Waals surface area contributed by atoms with Crippen molar-refractivity contribution in [1.29, 1.82) is 0 Å². The fraction of sp³-hybridized carbons (Fsp3) is 0.600. The van der Waals surface area contributed by atoms with Crippen LogP contribution in [0.2, 0.25) is 0 Å². The highest BCUT2D eigenvalue weighted by Crippen LogP contribution is 1.80. The lowest BCUT2D eigenvalue weighted by atomic mass is 10.4. The molecule has 0 aromatic rings. The highest BCUT2D eigenvalue weighted by atomic mass is 16.5. The van der Waals surface area contributed by atoms with Crippen molar-refractivity contribution in [2.24, 2.45) is 0 Å². The molecular weight excluding hydrogens is 106 g/mol. The van der Waals surface area contributed by atoms with E-state index >= 15 is 0 Å². The van der Waals surface area contributed by atoms with Crippen molar-refractivity contribution in [3.8, 4) is 0 Å². The number of hydrogen-bond acceptors (Lipinski definition) is 2. The third-order valence-electron chi connectivity index (χ3n) is 0.717. The van der Waals surface area contributed by atoms with E-state index in [1.807, 2.05) is 0 Å². The van der Waals surface area contributed by atoms with Gasteiger partial charge in [-0.05, 0) is 13.8 Å². The van der Waals surface area contributed by atoms with Crippen LogP contribution in [0.4, 0.5) is 0 Å². The van der Waals surface area contributed by atoms with Crippen LogP contribution < -0.4 is 0 Å². The van der Waals surface area contributed by atoms with Crippen molar-refractivity contribution in [2.45, 2.75) is 19.9 Å². The summed E-state index contributed by atoms with van der Waals surface area (Å²) in [6.45, 7) is 3.43. The van der Waals surface area contributed by atoms with E-state index in [1.165, 1.54) is 0 Å². The van der Waals surface area contributed by atoms with Gasteiger partial charge >= 0.3 is 0 Å². The molecule has 0 saturated heterocycles. The summed E-state index contributed by atoms with van der Waals surface area (Å²) in [5.41, 5.74) is 0. The molecule has 3 heteroatoms. The lowest BCUT2D eigenvalue weighted by Crippen LogP contribution is -2.14. The molecule has 0 saturated carbocycles. The van der Waals surface area contributed by atoms with Crippen LogP contribution in [0.1, 0.15) is 13.8 Å². The number of hydroxylamine groups is 1. The highest BCUT2D eigenvalue weighted by Gasteiger charge is 1.95.